The van der Waals surface area contributed by atoms with Crippen LogP contribution in [0, 0.1) is 0 Å². The van der Waals surface area contributed by atoms with Gasteiger partial charge in [0, 0.05) is 6.08 Å². The monoisotopic (exact) mass is 199 g/mol. The number of allylic oxidation sites excluding steroid dienone is 2. The fourth-order valence-corrected chi connectivity index (χ4v) is 0.818. The third-order valence-electron chi connectivity index (χ3n) is 1.32. The fourth-order valence-electron chi connectivity index (χ4n) is 0.580. The fraction of sp³-hybridized carbons (Fsp3) is 0.333. The van der Waals surface area contributed by atoms with E-state index in [1.807, 2.05) is 13.2 Å². The summed E-state index contributed by atoms with van der Waals surface area (Å²) in [6.07, 6.45) is 5.02. The Morgan fingerprint density at radius 2 is 2.15 bits per heavy atom. The highest BCUT2D eigenvalue weighted by Crippen LogP contribution is 2.13. The van der Waals surface area contributed by atoms with Gasteiger partial charge in [0.05, 0.1) is 12.8 Å². The zero-order chi connectivity index (χ0) is 10.3. The molecular weight excluding hydrogens is 186 g/mol. The van der Waals surface area contributed by atoms with Crippen molar-refractivity contribution in [3.05, 3.63) is 22.8 Å². The van der Waals surface area contributed by atoms with E-state index in [0.717, 1.165) is 4.91 Å². The number of nitrogens with zero attached hydrogens (tertiary/aromatic N) is 1. The van der Waals surface area contributed by atoms with Gasteiger partial charge in [0.25, 0.3) is 0 Å². The summed E-state index contributed by atoms with van der Waals surface area (Å²) < 4.78 is 4.46. The molecule has 0 aliphatic rings. The van der Waals surface area contributed by atoms with Gasteiger partial charge in [0.2, 0.25) is 0 Å². The second-order valence-electron chi connectivity index (χ2n) is 2.21. The van der Waals surface area contributed by atoms with E-state index in [2.05, 4.69) is 16.4 Å². The summed E-state index contributed by atoms with van der Waals surface area (Å²) >= 11 is 1.58. The van der Waals surface area contributed by atoms with Gasteiger partial charge in [0.15, 0.2) is 0 Å². The van der Waals surface area contributed by atoms with Gasteiger partial charge in [-0.25, -0.2) is 4.79 Å². The van der Waals surface area contributed by atoms with Crippen LogP contribution in [0.5, 0.6) is 0 Å². The van der Waals surface area contributed by atoms with E-state index in [1.54, 1.807) is 17.8 Å². The van der Waals surface area contributed by atoms with Gasteiger partial charge < -0.3 is 4.74 Å². The highest BCUT2D eigenvalue weighted by atomic mass is 32.2. The molecule has 0 saturated carbocycles. The normalized spacial score (nSPS) is 12.5. The molecular formula is C9H13NO2S. The molecule has 0 fully saturated rings. The van der Waals surface area contributed by atoms with Crippen molar-refractivity contribution in [1.29, 1.82) is 0 Å². The Bertz CT molecular complexity index is 256. The van der Waals surface area contributed by atoms with E-state index >= 15 is 0 Å². The Hall–Kier alpha value is -1.03. The quantitative estimate of drug-likeness (QED) is 0.301. The molecule has 3 nitrogen and oxygen atoms in total. The first-order chi connectivity index (χ1) is 6.13. The first-order valence-electron chi connectivity index (χ1n) is 3.62. The highest BCUT2D eigenvalue weighted by molar-refractivity contribution is 8.02. The van der Waals surface area contributed by atoms with E-state index < -0.39 is 5.97 Å². The third-order valence-corrected chi connectivity index (χ3v) is 2.08. The average Bonchev–Trinajstić information content (AvgIpc) is 2.16. The molecule has 0 aromatic rings. The van der Waals surface area contributed by atoms with Crippen molar-refractivity contribution in [2.75, 3.05) is 13.4 Å². The van der Waals surface area contributed by atoms with Gasteiger partial charge in [-0.2, -0.15) is 0 Å². The molecule has 0 atom stereocenters. The van der Waals surface area contributed by atoms with Crippen LogP contribution in [0.1, 0.15) is 6.92 Å². The molecule has 0 aromatic heterocycles. The Kier molecular flexibility index (Phi) is 5.97. The van der Waals surface area contributed by atoms with Crippen molar-refractivity contribution in [3.63, 3.8) is 0 Å². The Morgan fingerprint density at radius 1 is 1.54 bits per heavy atom. The molecule has 13 heavy (non-hydrogen) atoms. The van der Waals surface area contributed by atoms with Crippen LogP contribution < -0.4 is 0 Å². The SMILES string of the molecule is C=NC(=C\C(=O)OC)/C=C(/C)SC. The number of thioether (sulfide) groups is 1. The van der Waals surface area contributed by atoms with E-state index in [0.29, 0.717) is 5.70 Å². The van der Waals surface area contributed by atoms with Crippen molar-refractivity contribution in [1.82, 2.24) is 0 Å². The minimum Gasteiger partial charge on any atom is -0.466 e. The van der Waals surface area contributed by atoms with Crippen molar-refractivity contribution in [2.45, 2.75) is 6.92 Å². The third kappa shape index (κ3) is 5.25. The summed E-state index contributed by atoms with van der Waals surface area (Å²) in [7, 11) is 1.32. The van der Waals surface area contributed by atoms with E-state index in [9.17, 15) is 4.79 Å². The molecule has 0 aliphatic carbocycles. The van der Waals surface area contributed by atoms with Gasteiger partial charge in [-0.3, -0.25) is 4.99 Å². The largest absolute Gasteiger partial charge is 0.466 e. The molecule has 0 radical (unpaired) electrons. The maximum absolute atomic E-state index is 10.8. The van der Waals surface area contributed by atoms with Crippen LogP contribution in [0.25, 0.3) is 0 Å². The predicted octanol–water partition coefficient (Wildman–Crippen LogP) is 2.01. The van der Waals surface area contributed by atoms with Gasteiger partial charge >= 0.3 is 5.97 Å². The number of methoxy groups -OCH3 is 1. The molecule has 0 amide bonds. The van der Waals surface area contributed by atoms with Gasteiger partial charge in [-0.1, -0.05) is 0 Å². The zero-order valence-electron chi connectivity index (χ0n) is 8.03. The Labute approximate surface area is 82.6 Å². The van der Waals surface area contributed by atoms with Crippen molar-refractivity contribution in [3.8, 4) is 0 Å². The molecule has 0 heterocycles. The van der Waals surface area contributed by atoms with Crippen LogP contribution in [0.2, 0.25) is 0 Å². The van der Waals surface area contributed by atoms with Crippen LogP contribution in [0.3, 0.4) is 0 Å². The maximum atomic E-state index is 10.8. The van der Waals surface area contributed by atoms with E-state index in [-0.39, 0.29) is 0 Å². The van der Waals surface area contributed by atoms with Crippen molar-refractivity contribution < 1.29 is 9.53 Å². The number of carbonyl (C=O) groups is 1. The standard InChI is InChI=1S/C9H13NO2S/c1-7(13-4)5-8(10-2)6-9(11)12-3/h5-6H,2H2,1,3-4H3/b7-5-,8-6-. The van der Waals surface area contributed by atoms with Crippen LogP contribution in [-0.2, 0) is 9.53 Å². The lowest BCUT2D eigenvalue weighted by Crippen LogP contribution is -1.95. The number of rotatable bonds is 4. The lowest BCUT2D eigenvalue weighted by atomic mass is 10.3. The summed E-state index contributed by atoms with van der Waals surface area (Å²) in [5, 5.41) is 0. The Balaban J connectivity index is 4.60. The smallest absolute Gasteiger partial charge is 0.332 e. The minimum atomic E-state index is -0.424. The van der Waals surface area contributed by atoms with Crippen LogP contribution in [0.15, 0.2) is 27.7 Å². The molecule has 4 heteroatoms. The molecule has 0 N–H and O–H groups in total. The molecule has 0 saturated heterocycles. The van der Waals surface area contributed by atoms with E-state index in [4.69, 9.17) is 0 Å². The maximum Gasteiger partial charge on any atom is 0.332 e. The summed E-state index contributed by atoms with van der Waals surface area (Å²) in [6.45, 7) is 5.29. The molecule has 72 valence electrons. The van der Waals surface area contributed by atoms with Gasteiger partial charge in [-0.05, 0) is 30.9 Å². The minimum absolute atomic E-state index is 0.424. The lowest BCUT2D eigenvalue weighted by molar-refractivity contribution is -0.134. The zero-order valence-corrected chi connectivity index (χ0v) is 8.85. The number of aliphatic imine (C=N–C) groups is 1. The highest BCUT2D eigenvalue weighted by Gasteiger charge is 1.96. The van der Waals surface area contributed by atoms with Crippen molar-refractivity contribution in [2.24, 2.45) is 4.99 Å². The topological polar surface area (TPSA) is 38.7 Å². The number of esters is 1. The molecule has 0 spiro atoms. The average molecular weight is 199 g/mol. The molecule has 0 bridgehead atoms. The van der Waals surface area contributed by atoms with E-state index in [1.165, 1.54) is 13.2 Å². The first-order valence-corrected chi connectivity index (χ1v) is 4.85. The first kappa shape index (κ1) is 12.0. The number of hydrogen-bond acceptors (Lipinski definition) is 4. The number of ether oxygens (including phenoxy) is 1. The predicted molar refractivity (Wildman–Crippen MR) is 56.9 cm³/mol. The summed E-state index contributed by atoms with van der Waals surface area (Å²) in [5.41, 5.74) is 0.513. The second-order valence-corrected chi connectivity index (χ2v) is 3.26. The lowest BCUT2D eigenvalue weighted by Gasteiger charge is -1.96. The summed E-state index contributed by atoms with van der Waals surface area (Å²) in [4.78, 5) is 15.6. The second kappa shape index (κ2) is 6.48. The van der Waals surface area contributed by atoms with Crippen LogP contribution >= 0.6 is 11.8 Å². The molecule has 0 unspecified atom stereocenters. The van der Waals surface area contributed by atoms with Crippen LogP contribution in [-0.4, -0.2) is 26.1 Å². The van der Waals surface area contributed by atoms with Gasteiger partial charge in [-0.15, -0.1) is 11.8 Å². The summed E-state index contributed by atoms with van der Waals surface area (Å²) in [6, 6.07) is 0. The summed E-state index contributed by atoms with van der Waals surface area (Å²) in [5.74, 6) is -0.424. The molecule has 0 rings (SSSR count). The number of carbonyl (C=O) groups excluding carboxylic acids is 1. The van der Waals surface area contributed by atoms with Crippen LogP contribution in [0.4, 0.5) is 0 Å². The van der Waals surface area contributed by atoms with Crippen molar-refractivity contribution >= 4 is 24.4 Å². The Morgan fingerprint density at radius 3 is 2.54 bits per heavy atom. The molecule has 0 aromatic carbocycles. The molecule has 0 aliphatic heterocycles. The number of hydrogen-bond donors (Lipinski definition) is 0. The van der Waals surface area contributed by atoms with Gasteiger partial charge in [0.1, 0.15) is 0 Å².